The minimum absolute atomic E-state index is 0.350. The molecular formula is C14H23N3O. The van der Waals surface area contributed by atoms with Crippen molar-refractivity contribution in [3.05, 3.63) is 35.9 Å². The summed E-state index contributed by atoms with van der Waals surface area (Å²) in [6, 6.07) is 10.9. The van der Waals surface area contributed by atoms with Gasteiger partial charge in [-0.2, -0.15) is 0 Å². The fourth-order valence-electron chi connectivity index (χ4n) is 2.17. The lowest BCUT2D eigenvalue weighted by Crippen LogP contribution is -2.52. The summed E-state index contributed by atoms with van der Waals surface area (Å²) in [6.07, 6.45) is 2.14. The van der Waals surface area contributed by atoms with Gasteiger partial charge in [0.05, 0.1) is 13.2 Å². The van der Waals surface area contributed by atoms with E-state index < -0.39 is 0 Å². The molecule has 1 atom stereocenters. The fraction of sp³-hybridized carbons (Fsp3) is 0.571. The van der Waals surface area contributed by atoms with E-state index in [-0.39, 0.29) is 0 Å². The number of aryl methyl sites for hydroxylation is 1. The first-order valence-electron chi connectivity index (χ1n) is 6.71. The highest BCUT2D eigenvalue weighted by molar-refractivity contribution is 5.14. The third kappa shape index (κ3) is 4.38. The van der Waals surface area contributed by atoms with Crippen molar-refractivity contribution in [1.29, 1.82) is 0 Å². The van der Waals surface area contributed by atoms with Crippen molar-refractivity contribution < 1.29 is 4.74 Å². The lowest BCUT2D eigenvalue weighted by atomic mass is 10.1. The minimum Gasteiger partial charge on any atom is -0.379 e. The van der Waals surface area contributed by atoms with Crippen molar-refractivity contribution in [3.63, 3.8) is 0 Å². The van der Waals surface area contributed by atoms with Crippen molar-refractivity contribution in [2.75, 3.05) is 32.8 Å². The van der Waals surface area contributed by atoms with E-state index in [0.717, 1.165) is 39.1 Å². The highest BCUT2D eigenvalue weighted by Crippen LogP contribution is 2.05. The minimum atomic E-state index is 0.350. The second-order valence-corrected chi connectivity index (χ2v) is 4.69. The van der Waals surface area contributed by atoms with Crippen LogP contribution in [0, 0.1) is 0 Å². The molecule has 0 aromatic heterocycles. The molecule has 18 heavy (non-hydrogen) atoms. The molecule has 0 spiro atoms. The van der Waals surface area contributed by atoms with Crippen LogP contribution in [0.5, 0.6) is 0 Å². The van der Waals surface area contributed by atoms with E-state index in [4.69, 9.17) is 10.5 Å². The van der Waals surface area contributed by atoms with Gasteiger partial charge in [0, 0.05) is 25.7 Å². The summed E-state index contributed by atoms with van der Waals surface area (Å²) in [5, 5.41) is 2.23. The van der Waals surface area contributed by atoms with Crippen molar-refractivity contribution in [2.45, 2.75) is 18.9 Å². The average molecular weight is 249 g/mol. The smallest absolute Gasteiger partial charge is 0.0608 e. The number of nitrogens with zero attached hydrogens (tertiary/aromatic N) is 1. The molecule has 1 aromatic carbocycles. The maximum absolute atomic E-state index is 5.83. The number of hydrogen-bond acceptors (Lipinski definition) is 4. The van der Waals surface area contributed by atoms with Gasteiger partial charge in [0.1, 0.15) is 0 Å². The molecule has 1 saturated heterocycles. The van der Waals surface area contributed by atoms with E-state index in [9.17, 15) is 0 Å². The Bertz CT molecular complexity index is 325. The monoisotopic (exact) mass is 249 g/mol. The summed E-state index contributed by atoms with van der Waals surface area (Å²) in [5.74, 6) is 0. The zero-order valence-electron chi connectivity index (χ0n) is 10.8. The van der Waals surface area contributed by atoms with E-state index in [0.29, 0.717) is 12.6 Å². The Morgan fingerprint density at radius 2 is 1.94 bits per heavy atom. The van der Waals surface area contributed by atoms with Crippen LogP contribution in [0.2, 0.25) is 0 Å². The van der Waals surface area contributed by atoms with E-state index in [1.807, 2.05) is 0 Å². The summed E-state index contributed by atoms with van der Waals surface area (Å²) >= 11 is 0. The number of hydrazine groups is 1. The summed E-state index contributed by atoms with van der Waals surface area (Å²) in [5.41, 5.74) is 10.7. The lowest BCUT2D eigenvalue weighted by Gasteiger charge is -2.31. The molecule has 1 aliphatic rings. The highest BCUT2D eigenvalue weighted by Gasteiger charge is 2.14. The zero-order valence-corrected chi connectivity index (χ0v) is 10.8. The summed E-state index contributed by atoms with van der Waals surface area (Å²) in [4.78, 5) is 0. The summed E-state index contributed by atoms with van der Waals surface area (Å²) < 4.78 is 5.33. The van der Waals surface area contributed by atoms with Crippen LogP contribution in [0.15, 0.2) is 30.3 Å². The Morgan fingerprint density at radius 3 is 2.61 bits per heavy atom. The first kappa shape index (κ1) is 13.5. The van der Waals surface area contributed by atoms with E-state index in [1.54, 1.807) is 0 Å². The molecule has 2 rings (SSSR count). The van der Waals surface area contributed by atoms with E-state index in [2.05, 4.69) is 40.8 Å². The molecule has 0 radical (unpaired) electrons. The number of benzene rings is 1. The number of rotatable bonds is 6. The molecule has 3 N–H and O–H groups in total. The third-order valence-electron chi connectivity index (χ3n) is 3.29. The van der Waals surface area contributed by atoms with Crippen molar-refractivity contribution in [1.82, 2.24) is 10.4 Å². The predicted octanol–water partition coefficient (Wildman–Crippen LogP) is 0.783. The van der Waals surface area contributed by atoms with Gasteiger partial charge in [-0.05, 0) is 18.4 Å². The van der Waals surface area contributed by atoms with Gasteiger partial charge in [-0.15, -0.1) is 0 Å². The van der Waals surface area contributed by atoms with Crippen LogP contribution in [0.1, 0.15) is 12.0 Å². The molecule has 0 aliphatic carbocycles. The molecule has 1 fully saturated rings. The van der Waals surface area contributed by atoms with Crippen LogP contribution in [-0.2, 0) is 11.2 Å². The fourth-order valence-corrected chi connectivity index (χ4v) is 2.17. The number of hydrogen-bond donors (Lipinski definition) is 2. The molecule has 1 aromatic rings. The van der Waals surface area contributed by atoms with Gasteiger partial charge in [0.15, 0.2) is 0 Å². The van der Waals surface area contributed by atoms with Gasteiger partial charge >= 0.3 is 0 Å². The third-order valence-corrected chi connectivity index (χ3v) is 3.29. The van der Waals surface area contributed by atoms with Crippen LogP contribution in [0.4, 0.5) is 0 Å². The van der Waals surface area contributed by atoms with Gasteiger partial charge in [0.25, 0.3) is 0 Å². The Morgan fingerprint density at radius 1 is 1.22 bits per heavy atom. The zero-order chi connectivity index (χ0) is 12.6. The molecule has 1 heterocycles. The van der Waals surface area contributed by atoms with Gasteiger partial charge in [-0.25, -0.2) is 5.01 Å². The van der Waals surface area contributed by atoms with Crippen LogP contribution in [0.25, 0.3) is 0 Å². The summed E-state index contributed by atoms with van der Waals surface area (Å²) in [6.45, 7) is 4.18. The summed E-state index contributed by atoms with van der Waals surface area (Å²) in [7, 11) is 0. The first-order valence-corrected chi connectivity index (χ1v) is 6.71. The molecule has 1 unspecified atom stereocenters. The van der Waals surface area contributed by atoms with Crippen LogP contribution in [0.3, 0.4) is 0 Å². The van der Waals surface area contributed by atoms with Crippen LogP contribution < -0.4 is 11.2 Å². The molecule has 0 saturated carbocycles. The molecule has 0 bridgehead atoms. The molecule has 100 valence electrons. The van der Waals surface area contributed by atoms with E-state index in [1.165, 1.54) is 5.56 Å². The Labute approximate surface area is 109 Å². The standard InChI is InChI=1S/C14H23N3O/c15-12-14(16-17-8-10-18-11-9-17)7-6-13-4-2-1-3-5-13/h1-5,14,16H,6-12,15H2. The quantitative estimate of drug-likeness (QED) is 0.782. The SMILES string of the molecule is NCC(CCc1ccccc1)NN1CCOCC1. The topological polar surface area (TPSA) is 50.5 Å². The molecular weight excluding hydrogens is 226 g/mol. The van der Waals surface area contributed by atoms with Gasteiger partial charge in [-0.1, -0.05) is 30.3 Å². The number of nitrogens with two attached hydrogens (primary N) is 1. The van der Waals surface area contributed by atoms with Crippen molar-refractivity contribution >= 4 is 0 Å². The van der Waals surface area contributed by atoms with Crippen molar-refractivity contribution in [3.8, 4) is 0 Å². The van der Waals surface area contributed by atoms with Gasteiger partial charge in [-0.3, -0.25) is 5.43 Å². The maximum Gasteiger partial charge on any atom is 0.0608 e. The van der Waals surface area contributed by atoms with E-state index >= 15 is 0 Å². The maximum atomic E-state index is 5.83. The van der Waals surface area contributed by atoms with Crippen molar-refractivity contribution in [2.24, 2.45) is 5.73 Å². The second-order valence-electron chi connectivity index (χ2n) is 4.69. The first-order chi connectivity index (χ1) is 8.88. The normalized spacial score (nSPS) is 18.7. The Balaban J connectivity index is 1.74. The second kappa shape index (κ2) is 7.48. The van der Waals surface area contributed by atoms with Gasteiger partial charge < -0.3 is 10.5 Å². The largest absolute Gasteiger partial charge is 0.379 e. The molecule has 4 heteroatoms. The van der Waals surface area contributed by atoms with Crippen LogP contribution >= 0.6 is 0 Å². The highest BCUT2D eigenvalue weighted by atomic mass is 16.5. The predicted molar refractivity (Wildman–Crippen MR) is 73.1 cm³/mol. The lowest BCUT2D eigenvalue weighted by molar-refractivity contribution is 0.00364. The average Bonchev–Trinajstić information content (AvgIpc) is 2.45. The van der Waals surface area contributed by atoms with Gasteiger partial charge in [0.2, 0.25) is 0 Å². The number of nitrogens with one attached hydrogen (secondary N) is 1. The van der Waals surface area contributed by atoms with Crippen LogP contribution in [-0.4, -0.2) is 43.9 Å². The number of ether oxygens (including phenoxy) is 1. The number of morpholine rings is 1. The molecule has 1 aliphatic heterocycles. The molecule has 4 nitrogen and oxygen atoms in total. The Kier molecular flexibility index (Phi) is 5.61. The Hall–Kier alpha value is -0.940. The molecule has 0 amide bonds.